The molecule has 1 aliphatic heterocycles. The van der Waals surface area contributed by atoms with Gasteiger partial charge in [0.25, 0.3) is 0 Å². The van der Waals surface area contributed by atoms with E-state index in [2.05, 4.69) is 33.4 Å². The summed E-state index contributed by atoms with van der Waals surface area (Å²) in [7, 11) is 0. The third kappa shape index (κ3) is 3.70. The Morgan fingerprint density at radius 1 is 1.32 bits per heavy atom. The monoisotopic (exact) mass is 326 g/mol. The van der Waals surface area contributed by atoms with Gasteiger partial charge in [-0.05, 0) is 37.1 Å². The molecular formula is C14H19BrN2O2. The number of aryl methyl sites for hydroxylation is 2. The molecule has 1 heterocycles. The first-order valence-corrected chi connectivity index (χ1v) is 7.23. The normalized spacial score (nSPS) is 15.4. The smallest absolute Gasteiger partial charge is 0.242 e. The van der Waals surface area contributed by atoms with Gasteiger partial charge in [-0.15, -0.1) is 0 Å². The zero-order valence-electron chi connectivity index (χ0n) is 11.3. The van der Waals surface area contributed by atoms with E-state index in [9.17, 15) is 4.79 Å². The average Bonchev–Trinajstić information content (AvgIpc) is 2.38. The van der Waals surface area contributed by atoms with Crippen LogP contribution in [0.2, 0.25) is 0 Å². The molecule has 1 N–H and O–H groups in total. The van der Waals surface area contributed by atoms with E-state index in [0.29, 0.717) is 32.8 Å². The maximum absolute atomic E-state index is 12.1. The fraction of sp³-hybridized carbons (Fsp3) is 0.500. The fourth-order valence-electron chi connectivity index (χ4n) is 2.28. The van der Waals surface area contributed by atoms with E-state index in [4.69, 9.17) is 4.74 Å². The van der Waals surface area contributed by atoms with E-state index in [-0.39, 0.29) is 5.91 Å². The molecular weight excluding hydrogens is 308 g/mol. The van der Waals surface area contributed by atoms with Crippen molar-refractivity contribution in [3.05, 3.63) is 27.7 Å². The van der Waals surface area contributed by atoms with Crippen LogP contribution in [0.4, 0.5) is 5.69 Å². The molecule has 1 amide bonds. The molecule has 0 atom stereocenters. The first-order valence-electron chi connectivity index (χ1n) is 6.44. The van der Waals surface area contributed by atoms with Crippen molar-refractivity contribution in [1.82, 2.24) is 4.90 Å². The van der Waals surface area contributed by atoms with Crippen molar-refractivity contribution >= 4 is 27.5 Å². The Kier molecular flexibility index (Phi) is 4.82. The van der Waals surface area contributed by atoms with Crippen molar-refractivity contribution in [3.63, 3.8) is 0 Å². The Balaban J connectivity index is 1.96. The second-order valence-electron chi connectivity index (χ2n) is 4.76. The molecule has 0 bridgehead atoms. The van der Waals surface area contributed by atoms with Crippen LogP contribution in [0.1, 0.15) is 11.1 Å². The molecule has 19 heavy (non-hydrogen) atoms. The number of nitrogens with zero attached hydrogens (tertiary/aromatic N) is 1. The standard InChI is InChI=1S/C14H19BrN2O2/c1-10-7-12(15)8-11(2)14(10)16-9-13(18)17-3-5-19-6-4-17/h7-8,16H,3-6,9H2,1-2H3. The van der Waals surface area contributed by atoms with E-state index in [1.807, 2.05) is 18.7 Å². The van der Waals surface area contributed by atoms with Gasteiger partial charge in [0.1, 0.15) is 0 Å². The van der Waals surface area contributed by atoms with Crippen LogP contribution in [0.5, 0.6) is 0 Å². The maximum Gasteiger partial charge on any atom is 0.242 e. The number of hydrogen-bond acceptors (Lipinski definition) is 3. The summed E-state index contributed by atoms with van der Waals surface area (Å²) < 4.78 is 6.31. The Morgan fingerprint density at radius 2 is 1.89 bits per heavy atom. The number of anilines is 1. The molecule has 2 rings (SSSR count). The van der Waals surface area contributed by atoms with Gasteiger partial charge in [-0.25, -0.2) is 0 Å². The molecule has 0 aromatic heterocycles. The molecule has 0 unspecified atom stereocenters. The molecule has 1 aromatic carbocycles. The van der Waals surface area contributed by atoms with Crippen molar-refractivity contribution in [2.45, 2.75) is 13.8 Å². The van der Waals surface area contributed by atoms with Gasteiger partial charge in [-0.2, -0.15) is 0 Å². The number of nitrogens with one attached hydrogen (secondary N) is 1. The molecule has 0 spiro atoms. The molecule has 104 valence electrons. The summed E-state index contributed by atoms with van der Waals surface area (Å²) in [6.45, 7) is 7.09. The summed E-state index contributed by atoms with van der Waals surface area (Å²) >= 11 is 3.47. The van der Waals surface area contributed by atoms with Gasteiger partial charge in [-0.3, -0.25) is 4.79 Å². The van der Waals surface area contributed by atoms with Crippen LogP contribution in [0.3, 0.4) is 0 Å². The largest absolute Gasteiger partial charge is 0.378 e. The molecule has 1 fully saturated rings. The first-order chi connectivity index (χ1) is 9.08. The third-order valence-corrected chi connectivity index (χ3v) is 3.74. The number of hydrogen-bond donors (Lipinski definition) is 1. The van der Waals surface area contributed by atoms with Crippen LogP contribution in [0.25, 0.3) is 0 Å². The first kappa shape index (κ1) is 14.3. The highest BCUT2D eigenvalue weighted by molar-refractivity contribution is 9.10. The van der Waals surface area contributed by atoms with Crippen molar-refractivity contribution < 1.29 is 9.53 Å². The zero-order valence-corrected chi connectivity index (χ0v) is 12.9. The summed E-state index contributed by atoms with van der Waals surface area (Å²) in [5.41, 5.74) is 3.33. The molecule has 5 heteroatoms. The van der Waals surface area contributed by atoms with Gasteiger partial charge in [-0.1, -0.05) is 15.9 Å². The number of amides is 1. The second-order valence-corrected chi connectivity index (χ2v) is 5.68. The van der Waals surface area contributed by atoms with Crippen LogP contribution in [-0.4, -0.2) is 43.7 Å². The highest BCUT2D eigenvalue weighted by atomic mass is 79.9. The van der Waals surface area contributed by atoms with Crippen LogP contribution >= 0.6 is 15.9 Å². The molecule has 0 aliphatic carbocycles. The number of morpholine rings is 1. The topological polar surface area (TPSA) is 41.6 Å². The summed E-state index contributed by atoms with van der Waals surface area (Å²) in [6, 6.07) is 4.10. The Hall–Kier alpha value is -1.07. The van der Waals surface area contributed by atoms with Crippen LogP contribution in [-0.2, 0) is 9.53 Å². The molecule has 1 aromatic rings. The van der Waals surface area contributed by atoms with E-state index in [1.54, 1.807) is 0 Å². The highest BCUT2D eigenvalue weighted by Crippen LogP contribution is 2.24. The number of ether oxygens (including phenoxy) is 1. The van der Waals surface area contributed by atoms with E-state index in [0.717, 1.165) is 21.3 Å². The number of halogens is 1. The number of rotatable bonds is 3. The lowest BCUT2D eigenvalue weighted by Gasteiger charge is -2.27. The van der Waals surface area contributed by atoms with Gasteiger partial charge in [0.2, 0.25) is 5.91 Å². The molecule has 1 aliphatic rings. The summed E-state index contributed by atoms with van der Waals surface area (Å²) in [5.74, 6) is 0.130. The second kappa shape index (κ2) is 6.39. The van der Waals surface area contributed by atoms with E-state index in [1.165, 1.54) is 0 Å². The van der Waals surface area contributed by atoms with Crippen LogP contribution < -0.4 is 5.32 Å². The molecule has 4 nitrogen and oxygen atoms in total. The van der Waals surface area contributed by atoms with Gasteiger partial charge < -0.3 is 15.0 Å². The zero-order chi connectivity index (χ0) is 13.8. The molecule has 1 saturated heterocycles. The quantitative estimate of drug-likeness (QED) is 0.926. The summed E-state index contributed by atoms with van der Waals surface area (Å²) in [6.07, 6.45) is 0. The Morgan fingerprint density at radius 3 is 2.47 bits per heavy atom. The summed E-state index contributed by atoms with van der Waals surface area (Å²) in [5, 5.41) is 3.25. The number of carbonyl (C=O) groups excluding carboxylic acids is 1. The Bertz CT molecular complexity index is 448. The molecule has 0 saturated carbocycles. The molecule has 0 radical (unpaired) electrons. The summed E-state index contributed by atoms with van der Waals surface area (Å²) in [4.78, 5) is 13.9. The number of benzene rings is 1. The SMILES string of the molecule is Cc1cc(Br)cc(C)c1NCC(=O)N1CCOCC1. The lowest BCUT2D eigenvalue weighted by atomic mass is 10.1. The van der Waals surface area contributed by atoms with Gasteiger partial charge in [0.15, 0.2) is 0 Å². The lowest BCUT2D eigenvalue weighted by Crippen LogP contribution is -2.43. The van der Waals surface area contributed by atoms with Crippen molar-refractivity contribution in [1.29, 1.82) is 0 Å². The van der Waals surface area contributed by atoms with E-state index < -0.39 is 0 Å². The highest BCUT2D eigenvalue weighted by Gasteiger charge is 2.16. The van der Waals surface area contributed by atoms with Gasteiger partial charge in [0.05, 0.1) is 19.8 Å². The minimum Gasteiger partial charge on any atom is -0.378 e. The minimum atomic E-state index is 0.130. The maximum atomic E-state index is 12.1. The van der Waals surface area contributed by atoms with E-state index >= 15 is 0 Å². The number of carbonyl (C=O) groups is 1. The van der Waals surface area contributed by atoms with Gasteiger partial charge >= 0.3 is 0 Å². The van der Waals surface area contributed by atoms with Crippen LogP contribution in [0.15, 0.2) is 16.6 Å². The lowest BCUT2D eigenvalue weighted by molar-refractivity contribution is -0.133. The van der Waals surface area contributed by atoms with Crippen molar-refractivity contribution in [2.24, 2.45) is 0 Å². The van der Waals surface area contributed by atoms with Gasteiger partial charge in [0, 0.05) is 23.2 Å². The average molecular weight is 327 g/mol. The third-order valence-electron chi connectivity index (χ3n) is 3.28. The minimum absolute atomic E-state index is 0.130. The predicted molar refractivity (Wildman–Crippen MR) is 79.5 cm³/mol. The predicted octanol–water partition coefficient (Wildman–Crippen LogP) is 2.34. The Labute approximate surface area is 122 Å². The van der Waals surface area contributed by atoms with Crippen LogP contribution in [0, 0.1) is 13.8 Å². The van der Waals surface area contributed by atoms with Crippen molar-refractivity contribution in [2.75, 3.05) is 38.2 Å². The van der Waals surface area contributed by atoms with Crippen molar-refractivity contribution in [3.8, 4) is 0 Å². The fourth-order valence-corrected chi connectivity index (χ4v) is 2.96.